The normalized spacial score (nSPS) is 15.0. The van der Waals surface area contributed by atoms with E-state index >= 15 is 0 Å². The van der Waals surface area contributed by atoms with Crippen LogP contribution in [0.4, 0.5) is 5.69 Å². The summed E-state index contributed by atoms with van der Waals surface area (Å²) in [5.41, 5.74) is 11.5. The Hall–Kier alpha value is -3.83. The van der Waals surface area contributed by atoms with Gasteiger partial charge in [-0.1, -0.05) is 25.2 Å². The first kappa shape index (κ1) is 32.1. The van der Waals surface area contributed by atoms with Crippen molar-refractivity contribution in [1.82, 2.24) is 5.32 Å². The van der Waals surface area contributed by atoms with Crippen LogP contribution in [0.15, 0.2) is 65.4 Å². The minimum absolute atomic E-state index is 0.0857. The summed E-state index contributed by atoms with van der Waals surface area (Å²) in [4.78, 5) is 27.7. The molecule has 4 rings (SSSR count). The van der Waals surface area contributed by atoms with Crippen LogP contribution >= 0.6 is 0 Å². The number of amides is 1. The zero-order valence-corrected chi connectivity index (χ0v) is 27.0. The van der Waals surface area contributed by atoms with Gasteiger partial charge in [-0.2, -0.15) is 0 Å². The number of hydrogen-bond donors (Lipinski definition) is 3. The fraction of sp³-hybridized carbons (Fsp3) is 0.364. The average molecular weight is 604 g/mol. The van der Waals surface area contributed by atoms with Gasteiger partial charge in [-0.15, -0.1) is 0 Å². The molecule has 0 atom stereocenters. The predicted octanol–water partition coefficient (Wildman–Crippen LogP) is 2.65. The van der Waals surface area contributed by atoms with Gasteiger partial charge >= 0.3 is 5.97 Å². The van der Waals surface area contributed by atoms with Gasteiger partial charge in [0.1, 0.15) is 22.2 Å². The Morgan fingerprint density at radius 1 is 0.977 bits per heavy atom. The number of benzene rings is 2. The lowest BCUT2D eigenvalue weighted by molar-refractivity contribution is -0.462. The van der Waals surface area contributed by atoms with Crippen LogP contribution < -0.4 is 21.1 Å². The van der Waals surface area contributed by atoms with Crippen LogP contribution in [-0.2, 0) is 9.47 Å². The lowest BCUT2D eigenvalue weighted by Gasteiger charge is -2.38. The van der Waals surface area contributed by atoms with Crippen molar-refractivity contribution in [3.05, 3.63) is 87.6 Å². The molecule has 2 aliphatic rings. The summed E-state index contributed by atoms with van der Waals surface area (Å²) in [6, 6.07) is 11.4. The molecule has 1 heterocycles. The summed E-state index contributed by atoms with van der Waals surface area (Å²) < 4.78 is 12.8. The van der Waals surface area contributed by atoms with E-state index in [2.05, 4.69) is 64.3 Å². The number of allylic oxidation sites excluding steroid dienone is 5. The molecule has 0 fully saturated rings. The summed E-state index contributed by atoms with van der Waals surface area (Å²) in [5, 5.41) is 15.7. The minimum atomic E-state index is -2.18. The monoisotopic (exact) mass is 603 g/mol. The Kier molecular flexibility index (Phi) is 10.2. The molecule has 2 aromatic carbocycles. The molecule has 0 unspecified atom stereocenters. The molecule has 4 N–H and O–H groups in total. The van der Waals surface area contributed by atoms with Crippen molar-refractivity contribution in [1.29, 1.82) is 0 Å². The highest BCUT2D eigenvalue weighted by atomic mass is 28.3. The first-order valence-corrected chi connectivity index (χ1v) is 17.5. The van der Waals surface area contributed by atoms with Gasteiger partial charge < -0.3 is 30.5 Å². The van der Waals surface area contributed by atoms with Gasteiger partial charge in [0.15, 0.2) is 5.71 Å². The van der Waals surface area contributed by atoms with E-state index in [9.17, 15) is 14.7 Å². The fourth-order valence-electron chi connectivity index (χ4n) is 5.50. The molecule has 10 heteroatoms. The van der Waals surface area contributed by atoms with E-state index in [1.54, 1.807) is 12.1 Å². The van der Waals surface area contributed by atoms with Crippen LogP contribution in [0.1, 0.15) is 31.8 Å². The number of carboxylic acid groups (broad SMARTS) is 1. The molecular weight excluding hydrogens is 560 g/mol. The van der Waals surface area contributed by atoms with Gasteiger partial charge in [0.2, 0.25) is 0 Å². The molecule has 0 saturated heterocycles. The number of nitrogens with zero attached hydrogens (tertiary/aromatic N) is 2. The second kappa shape index (κ2) is 13.6. The third-order valence-corrected chi connectivity index (χ3v) is 11.4. The van der Waals surface area contributed by atoms with Gasteiger partial charge in [-0.3, -0.25) is 4.79 Å². The SMILES string of the molecule is CN(C)c1ccc2c(c1)[Si](C)(C)C1=CC(=[N+](C)C)C=CC1=C2c1ccc(C(=O)NCCOCCOCCN)cc1C(=O)O. The van der Waals surface area contributed by atoms with Crippen molar-refractivity contribution >= 4 is 42.1 Å². The van der Waals surface area contributed by atoms with E-state index in [1.165, 1.54) is 16.4 Å². The van der Waals surface area contributed by atoms with Gasteiger partial charge in [0.05, 0.1) is 32.0 Å². The molecule has 1 aliphatic heterocycles. The highest BCUT2D eigenvalue weighted by Crippen LogP contribution is 2.42. The number of aromatic carboxylic acids is 1. The van der Waals surface area contributed by atoms with Crippen LogP contribution in [0.25, 0.3) is 5.57 Å². The summed E-state index contributed by atoms with van der Waals surface area (Å²) in [6.07, 6.45) is 6.45. The van der Waals surface area contributed by atoms with E-state index in [1.807, 2.05) is 28.2 Å². The molecular formula is C33H43N4O5Si+. The average Bonchev–Trinajstić information content (AvgIpc) is 2.98. The van der Waals surface area contributed by atoms with Crippen molar-refractivity contribution in [2.75, 3.05) is 72.6 Å². The zero-order chi connectivity index (χ0) is 31.3. The Labute approximate surface area is 255 Å². The number of anilines is 1. The van der Waals surface area contributed by atoms with Crippen LogP contribution in [-0.4, -0.2) is 103 Å². The molecule has 43 heavy (non-hydrogen) atoms. The maximum atomic E-state index is 13.0. The first-order valence-electron chi connectivity index (χ1n) is 14.5. The van der Waals surface area contributed by atoms with Crippen molar-refractivity contribution in [2.45, 2.75) is 13.1 Å². The largest absolute Gasteiger partial charge is 0.478 e. The number of carboxylic acids is 1. The summed E-state index contributed by atoms with van der Waals surface area (Å²) in [5.74, 6) is -1.44. The molecule has 9 nitrogen and oxygen atoms in total. The second-order valence-corrected chi connectivity index (χ2v) is 15.9. The number of carbonyl (C=O) groups is 2. The lowest BCUT2D eigenvalue weighted by Crippen LogP contribution is -2.49. The number of rotatable bonds is 12. The maximum absolute atomic E-state index is 13.0. The topological polar surface area (TPSA) is 117 Å². The predicted molar refractivity (Wildman–Crippen MR) is 175 cm³/mol. The number of nitrogens with one attached hydrogen (secondary N) is 1. The molecule has 0 radical (unpaired) electrons. The van der Waals surface area contributed by atoms with E-state index in [0.29, 0.717) is 45.1 Å². The quantitative estimate of drug-likeness (QED) is 0.194. The van der Waals surface area contributed by atoms with Crippen LogP contribution in [0.3, 0.4) is 0 Å². The zero-order valence-electron chi connectivity index (χ0n) is 26.0. The summed E-state index contributed by atoms with van der Waals surface area (Å²) in [6.45, 7) is 7.09. The number of ether oxygens (including phenoxy) is 2. The van der Waals surface area contributed by atoms with Crippen molar-refractivity contribution in [3.8, 4) is 0 Å². The van der Waals surface area contributed by atoms with Crippen LogP contribution in [0.2, 0.25) is 13.1 Å². The van der Waals surface area contributed by atoms with E-state index < -0.39 is 14.0 Å². The van der Waals surface area contributed by atoms with Crippen molar-refractivity contribution in [3.63, 3.8) is 0 Å². The third-order valence-electron chi connectivity index (χ3n) is 7.87. The minimum Gasteiger partial charge on any atom is -0.478 e. The number of carbonyl (C=O) groups excluding carboxylic acids is 1. The van der Waals surface area contributed by atoms with Gasteiger partial charge in [-0.25, -0.2) is 9.37 Å². The van der Waals surface area contributed by atoms with Gasteiger partial charge in [0, 0.05) is 50.6 Å². The molecule has 0 bridgehead atoms. The Balaban J connectivity index is 1.73. The number of fused-ring (bicyclic) bond motifs is 2. The smallest absolute Gasteiger partial charge is 0.336 e. The number of hydrogen-bond acceptors (Lipinski definition) is 6. The second-order valence-electron chi connectivity index (χ2n) is 11.6. The third kappa shape index (κ3) is 6.88. The lowest BCUT2D eigenvalue weighted by atomic mass is 9.86. The summed E-state index contributed by atoms with van der Waals surface area (Å²) >= 11 is 0. The number of nitrogens with two attached hydrogens (primary N) is 1. The fourth-order valence-corrected chi connectivity index (χ4v) is 8.57. The molecule has 1 amide bonds. The van der Waals surface area contributed by atoms with Gasteiger partial charge in [-0.05, 0) is 63.0 Å². The molecule has 2 aromatic rings. The Morgan fingerprint density at radius 2 is 1.67 bits per heavy atom. The standard InChI is InChI=1S/C33H42N4O5Si/c1-36(2)23-8-11-26-29(20-23)43(5,6)30-21-24(37(3)4)9-12-27(30)31(26)25-10-7-22(19-28(25)33(39)40)32(38)35-14-16-42-18-17-41-15-13-34/h7-12,19-21H,13-18,34H2,1-6H3,(H-,35,38,39,40)/p+1. The van der Waals surface area contributed by atoms with E-state index in [4.69, 9.17) is 15.2 Å². The molecule has 0 aromatic heterocycles. The Morgan fingerprint density at radius 3 is 2.33 bits per heavy atom. The highest BCUT2D eigenvalue weighted by Gasteiger charge is 2.41. The molecule has 1 aliphatic carbocycles. The van der Waals surface area contributed by atoms with Crippen molar-refractivity contribution in [2.24, 2.45) is 5.73 Å². The van der Waals surface area contributed by atoms with E-state index in [-0.39, 0.29) is 17.0 Å². The van der Waals surface area contributed by atoms with E-state index in [0.717, 1.165) is 28.1 Å². The molecule has 0 spiro atoms. The van der Waals surface area contributed by atoms with Gasteiger partial charge in [0.25, 0.3) is 5.91 Å². The maximum Gasteiger partial charge on any atom is 0.336 e. The summed E-state index contributed by atoms with van der Waals surface area (Å²) in [7, 11) is 5.93. The molecule has 228 valence electrons. The first-order chi connectivity index (χ1) is 20.5. The van der Waals surface area contributed by atoms with Crippen LogP contribution in [0, 0.1) is 0 Å². The molecule has 0 saturated carbocycles. The highest BCUT2D eigenvalue weighted by molar-refractivity contribution is 6.98. The van der Waals surface area contributed by atoms with Crippen molar-refractivity contribution < 1.29 is 28.7 Å². The Bertz CT molecular complexity index is 1530. The van der Waals surface area contributed by atoms with Crippen LogP contribution in [0.5, 0.6) is 0 Å².